The molecule has 1 aliphatic heterocycles. The molecule has 0 spiro atoms. The second-order valence-corrected chi connectivity index (χ2v) is 7.54. The van der Waals surface area contributed by atoms with Gasteiger partial charge >= 0.3 is 0 Å². The third-order valence-electron chi connectivity index (χ3n) is 5.52. The minimum absolute atomic E-state index is 0.140. The molecule has 3 aromatic rings. The normalized spacial score (nSPS) is 16.4. The van der Waals surface area contributed by atoms with Gasteiger partial charge in [0.1, 0.15) is 5.82 Å². The number of nitrogens with zero attached hydrogens (tertiary/aromatic N) is 4. The van der Waals surface area contributed by atoms with Crippen molar-refractivity contribution < 1.29 is 9.53 Å². The van der Waals surface area contributed by atoms with Crippen molar-refractivity contribution >= 4 is 16.9 Å². The van der Waals surface area contributed by atoms with Crippen LogP contribution >= 0.6 is 0 Å². The van der Waals surface area contributed by atoms with E-state index in [0.29, 0.717) is 26.1 Å². The Hall–Kier alpha value is -2.73. The molecular formula is C23H28N4O2. The highest BCUT2D eigenvalue weighted by Crippen LogP contribution is 2.19. The smallest absolute Gasteiger partial charge is 0.224 e. The zero-order valence-electron chi connectivity index (χ0n) is 17.0. The van der Waals surface area contributed by atoms with Crippen LogP contribution in [0.4, 0.5) is 0 Å². The molecule has 1 atom stereocenters. The van der Waals surface area contributed by atoms with Gasteiger partial charge in [0.15, 0.2) is 0 Å². The Morgan fingerprint density at radius 3 is 2.83 bits per heavy atom. The summed E-state index contributed by atoms with van der Waals surface area (Å²) in [5.41, 5.74) is 3.18. The minimum Gasteiger partial charge on any atom is -0.376 e. The molecule has 1 saturated heterocycles. The summed E-state index contributed by atoms with van der Waals surface area (Å²) in [4.78, 5) is 23.9. The number of aryl methyl sites for hydroxylation is 2. The average molecular weight is 393 g/mol. The fourth-order valence-corrected chi connectivity index (χ4v) is 4.01. The number of aromatic nitrogens is 3. The largest absolute Gasteiger partial charge is 0.376 e. The molecular weight excluding hydrogens is 364 g/mol. The van der Waals surface area contributed by atoms with Crippen LogP contribution in [-0.4, -0.2) is 44.6 Å². The van der Waals surface area contributed by atoms with Crippen molar-refractivity contribution in [3.8, 4) is 0 Å². The standard InChI is InChI=1S/C23H28N4O2/c1-2-22-25-20-7-3-4-8-21(20)27(22)14-11-23(28)26(17-19-6-5-15-29-19)16-18-9-12-24-13-10-18/h3-4,7-10,12-13,19H,2,5-6,11,14-17H2,1H3. The predicted octanol–water partition coefficient (Wildman–Crippen LogP) is 3.59. The average Bonchev–Trinajstić information content (AvgIpc) is 3.39. The molecule has 1 aliphatic rings. The van der Waals surface area contributed by atoms with Crippen LogP contribution in [0.15, 0.2) is 48.8 Å². The number of hydrogen-bond donors (Lipinski definition) is 0. The molecule has 29 heavy (non-hydrogen) atoms. The molecule has 4 rings (SSSR count). The van der Waals surface area contributed by atoms with E-state index in [-0.39, 0.29) is 12.0 Å². The lowest BCUT2D eigenvalue weighted by atomic mass is 10.2. The Labute approximate surface area is 171 Å². The van der Waals surface area contributed by atoms with Crippen LogP contribution in [0.2, 0.25) is 0 Å². The summed E-state index contributed by atoms with van der Waals surface area (Å²) < 4.78 is 7.98. The number of ether oxygens (including phenoxy) is 1. The molecule has 0 N–H and O–H groups in total. The quantitative estimate of drug-likeness (QED) is 0.588. The fourth-order valence-electron chi connectivity index (χ4n) is 4.01. The second-order valence-electron chi connectivity index (χ2n) is 7.54. The van der Waals surface area contributed by atoms with E-state index in [1.807, 2.05) is 35.2 Å². The Balaban J connectivity index is 1.48. The first kappa shape index (κ1) is 19.6. The minimum atomic E-state index is 0.140. The molecule has 0 aliphatic carbocycles. The fraction of sp³-hybridized carbons (Fsp3) is 0.435. The summed E-state index contributed by atoms with van der Waals surface area (Å²) in [6.07, 6.45) is 7.07. The Kier molecular flexibility index (Phi) is 6.20. The zero-order chi connectivity index (χ0) is 20.1. The van der Waals surface area contributed by atoms with E-state index in [4.69, 9.17) is 9.72 Å². The number of imidazole rings is 1. The number of carbonyl (C=O) groups excluding carboxylic acids is 1. The van der Waals surface area contributed by atoms with E-state index < -0.39 is 0 Å². The number of benzene rings is 1. The molecule has 0 radical (unpaired) electrons. The zero-order valence-corrected chi connectivity index (χ0v) is 17.0. The molecule has 1 unspecified atom stereocenters. The molecule has 6 nitrogen and oxygen atoms in total. The van der Waals surface area contributed by atoms with Gasteiger partial charge in [-0.1, -0.05) is 19.1 Å². The van der Waals surface area contributed by atoms with Crippen molar-refractivity contribution in [1.82, 2.24) is 19.4 Å². The lowest BCUT2D eigenvalue weighted by molar-refractivity contribution is -0.133. The van der Waals surface area contributed by atoms with Crippen molar-refractivity contribution in [3.63, 3.8) is 0 Å². The summed E-state index contributed by atoms with van der Waals surface area (Å²) in [6.45, 7) is 4.77. The topological polar surface area (TPSA) is 60.2 Å². The van der Waals surface area contributed by atoms with Crippen LogP contribution < -0.4 is 0 Å². The Morgan fingerprint density at radius 2 is 2.07 bits per heavy atom. The van der Waals surface area contributed by atoms with Gasteiger partial charge < -0.3 is 14.2 Å². The lowest BCUT2D eigenvalue weighted by Crippen LogP contribution is -2.37. The molecule has 1 fully saturated rings. The molecule has 2 aromatic heterocycles. The summed E-state index contributed by atoms with van der Waals surface area (Å²) >= 11 is 0. The Morgan fingerprint density at radius 1 is 1.24 bits per heavy atom. The van der Waals surface area contributed by atoms with Crippen molar-refractivity contribution in [2.45, 2.75) is 51.8 Å². The van der Waals surface area contributed by atoms with E-state index in [0.717, 1.165) is 48.3 Å². The highest BCUT2D eigenvalue weighted by molar-refractivity contribution is 5.78. The van der Waals surface area contributed by atoms with Crippen molar-refractivity contribution in [1.29, 1.82) is 0 Å². The van der Waals surface area contributed by atoms with E-state index >= 15 is 0 Å². The SMILES string of the molecule is CCc1nc2ccccc2n1CCC(=O)N(Cc1ccncc1)CC1CCCO1. The number of rotatable bonds is 8. The lowest BCUT2D eigenvalue weighted by Gasteiger charge is -2.26. The first-order chi connectivity index (χ1) is 14.2. The second kappa shape index (κ2) is 9.18. The highest BCUT2D eigenvalue weighted by Gasteiger charge is 2.23. The van der Waals surface area contributed by atoms with Gasteiger partial charge in [-0.15, -0.1) is 0 Å². The first-order valence-corrected chi connectivity index (χ1v) is 10.5. The van der Waals surface area contributed by atoms with Gasteiger partial charge in [-0.3, -0.25) is 9.78 Å². The number of hydrogen-bond acceptors (Lipinski definition) is 4. The maximum Gasteiger partial charge on any atom is 0.224 e. The number of carbonyl (C=O) groups is 1. The van der Waals surface area contributed by atoms with Crippen molar-refractivity contribution in [2.24, 2.45) is 0 Å². The summed E-state index contributed by atoms with van der Waals surface area (Å²) in [7, 11) is 0. The molecule has 6 heteroatoms. The summed E-state index contributed by atoms with van der Waals surface area (Å²) in [6, 6.07) is 12.1. The number of fused-ring (bicyclic) bond motifs is 1. The Bertz CT molecular complexity index is 948. The summed E-state index contributed by atoms with van der Waals surface area (Å²) in [5, 5.41) is 0. The molecule has 0 saturated carbocycles. The monoisotopic (exact) mass is 392 g/mol. The van der Waals surface area contributed by atoms with E-state index in [1.165, 1.54) is 0 Å². The number of pyridine rings is 1. The van der Waals surface area contributed by atoms with Crippen molar-refractivity contribution in [3.05, 3.63) is 60.2 Å². The van der Waals surface area contributed by atoms with Gasteiger partial charge in [0.25, 0.3) is 0 Å². The van der Waals surface area contributed by atoms with Gasteiger partial charge in [-0.2, -0.15) is 0 Å². The van der Waals surface area contributed by atoms with Gasteiger partial charge in [0, 0.05) is 51.5 Å². The van der Waals surface area contributed by atoms with E-state index in [1.54, 1.807) is 12.4 Å². The first-order valence-electron chi connectivity index (χ1n) is 10.5. The third kappa shape index (κ3) is 4.65. The number of amides is 1. The maximum absolute atomic E-state index is 13.2. The molecule has 1 amide bonds. The number of para-hydroxylation sites is 2. The van der Waals surface area contributed by atoms with Gasteiger partial charge in [0.05, 0.1) is 17.1 Å². The van der Waals surface area contributed by atoms with Crippen molar-refractivity contribution in [2.75, 3.05) is 13.2 Å². The van der Waals surface area contributed by atoms with Crippen LogP contribution in [0, 0.1) is 0 Å². The highest BCUT2D eigenvalue weighted by atomic mass is 16.5. The van der Waals surface area contributed by atoms with Crippen LogP contribution in [0.3, 0.4) is 0 Å². The summed E-state index contributed by atoms with van der Waals surface area (Å²) in [5.74, 6) is 1.18. The molecule has 3 heterocycles. The van der Waals surface area contributed by atoms with Gasteiger partial charge in [-0.25, -0.2) is 4.98 Å². The predicted molar refractivity (Wildman–Crippen MR) is 112 cm³/mol. The molecule has 0 bridgehead atoms. The van der Waals surface area contributed by atoms with Gasteiger partial charge in [0.2, 0.25) is 5.91 Å². The van der Waals surface area contributed by atoms with E-state index in [2.05, 4.69) is 22.5 Å². The van der Waals surface area contributed by atoms with E-state index in [9.17, 15) is 4.79 Å². The van der Waals surface area contributed by atoms with Crippen LogP contribution in [0.1, 0.15) is 37.6 Å². The van der Waals surface area contributed by atoms with Gasteiger partial charge in [-0.05, 0) is 42.7 Å². The van der Waals surface area contributed by atoms with Crippen LogP contribution in [0.5, 0.6) is 0 Å². The maximum atomic E-state index is 13.2. The van der Waals surface area contributed by atoms with Crippen LogP contribution in [-0.2, 0) is 29.0 Å². The molecule has 1 aromatic carbocycles. The third-order valence-corrected chi connectivity index (χ3v) is 5.52. The van der Waals surface area contributed by atoms with Crippen LogP contribution in [0.25, 0.3) is 11.0 Å². The molecule has 152 valence electrons.